The molecule has 2 heterocycles. The van der Waals surface area contributed by atoms with Crippen molar-refractivity contribution in [1.29, 1.82) is 0 Å². The SMILES string of the molecule is O=C(Nc1nncs1)c1cc(=O)[nH]c(=O)[nH]1. The van der Waals surface area contributed by atoms with Crippen LogP contribution in [0.3, 0.4) is 0 Å². The molecule has 2 aromatic heterocycles. The summed E-state index contributed by atoms with van der Waals surface area (Å²) in [5.41, 5.74) is -0.0825. The average Bonchev–Trinajstić information content (AvgIpc) is 2.68. The van der Waals surface area contributed by atoms with Crippen LogP contribution in [0.25, 0.3) is 0 Å². The van der Waals surface area contributed by atoms with Gasteiger partial charge in [-0.15, -0.1) is 10.2 Å². The van der Waals surface area contributed by atoms with Crippen LogP contribution in [0.5, 0.6) is 0 Å². The highest BCUT2D eigenvalue weighted by atomic mass is 32.1. The lowest BCUT2D eigenvalue weighted by molar-refractivity contribution is 0.102. The van der Waals surface area contributed by atoms with Crippen molar-refractivity contribution in [2.24, 2.45) is 0 Å². The Morgan fingerprint density at radius 2 is 2.19 bits per heavy atom. The third-order valence-corrected chi connectivity index (χ3v) is 2.19. The van der Waals surface area contributed by atoms with Gasteiger partial charge in [0.15, 0.2) is 0 Å². The zero-order chi connectivity index (χ0) is 11.5. The van der Waals surface area contributed by atoms with Crippen molar-refractivity contribution >= 4 is 22.4 Å². The van der Waals surface area contributed by atoms with E-state index < -0.39 is 17.2 Å². The molecule has 1 amide bonds. The summed E-state index contributed by atoms with van der Waals surface area (Å²) < 4.78 is 0. The fourth-order valence-electron chi connectivity index (χ4n) is 0.983. The molecule has 0 saturated carbocycles. The number of hydrogen-bond acceptors (Lipinski definition) is 6. The number of aromatic nitrogens is 4. The summed E-state index contributed by atoms with van der Waals surface area (Å²) in [4.78, 5) is 37.5. The summed E-state index contributed by atoms with van der Waals surface area (Å²) in [5, 5.41) is 9.76. The topological polar surface area (TPSA) is 121 Å². The predicted octanol–water partition coefficient (Wildman–Crippen LogP) is -0.833. The van der Waals surface area contributed by atoms with E-state index in [1.54, 1.807) is 0 Å². The largest absolute Gasteiger partial charge is 0.326 e. The van der Waals surface area contributed by atoms with Gasteiger partial charge >= 0.3 is 5.69 Å². The molecule has 0 aliphatic heterocycles. The van der Waals surface area contributed by atoms with Crippen LogP contribution in [0.1, 0.15) is 10.5 Å². The van der Waals surface area contributed by atoms with Crippen LogP contribution in [0.15, 0.2) is 21.2 Å². The third kappa shape index (κ3) is 2.20. The second-order valence-corrected chi connectivity index (χ2v) is 3.53. The first-order valence-corrected chi connectivity index (χ1v) is 4.94. The minimum atomic E-state index is -0.741. The van der Waals surface area contributed by atoms with Gasteiger partial charge in [-0.25, -0.2) is 4.79 Å². The van der Waals surface area contributed by atoms with Crippen LogP contribution in [0.2, 0.25) is 0 Å². The number of nitrogens with one attached hydrogen (secondary N) is 3. The molecule has 2 rings (SSSR count). The first-order chi connectivity index (χ1) is 7.65. The molecule has 9 heteroatoms. The Morgan fingerprint density at radius 3 is 2.81 bits per heavy atom. The number of carbonyl (C=O) groups excluding carboxylic acids is 1. The molecule has 0 aromatic carbocycles. The summed E-state index contributed by atoms with van der Waals surface area (Å²) in [7, 11) is 0. The Kier molecular flexibility index (Phi) is 2.60. The molecule has 0 radical (unpaired) electrons. The third-order valence-electron chi connectivity index (χ3n) is 1.59. The first-order valence-electron chi connectivity index (χ1n) is 4.06. The van der Waals surface area contributed by atoms with Gasteiger partial charge in [0.2, 0.25) is 5.13 Å². The van der Waals surface area contributed by atoms with Gasteiger partial charge in [0.1, 0.15) is 11.2 Å². The molecule has 0 fully saturated rings. The Labute approximate surface area is 91.4 Å². The van der Waals surface area contributed by atoms with E-state index in [2.05, 4.69) is 20.5 Å². The van der Waals surface area contributed by atoms with Crippen LogP contribution in [-0.4, -0.2) is 26.1 Å². The predicted molar refractivity (Wildman–Crippen MR) is 55.5 cm³/mol. The number of aromatic amines is 2. The van der Waals surface area contributed by atoms with Gasteiger partial charge < -0.3 is 4.98 Å². The number of nitrogens with zero attached hydrogens (tertiary/aromatic N) is 2. The van der Waals surface area contributed by atoms with Crippen molar-refractivity contribution in [3.8, 4) is 0 Å². The molecule has 0 unspecified atom stereocenters. The molecule has 0 aliphatic rings. The van der Waals surface area contributed by atoms with Crippen LogP contribution in [-0.2, 0) is 0 Å². The standard InChI is InChI=1S/C7H5N5O3S/c13-4-1-3(9-6(15)10-4)5(14)11-7-12-8-2-16-7/h1-2H,(H,11,12,14)(H2,9,10,13,15). The maximum atomic E-state index is 11.5. The van der Waals surface area contributed by atoms with Gasteiger partial charge in [-0.05, 0) is 0 Å². The molecular weight excluding hydrogens is 234 g/mol. The minimum absolute atomic E-state index is 0.135. The lowest BCUT2D eigenvalue weighted by Crippen LogP contribution is -2.27. The lowest BCUT2D eigenvalue weighted by atomic mass is 10.4. The highest BCUT2D eigenvalue weighted by molar-refractivity contribution is 7.13. The minimum Gasteiger partial charge on any atom is -0.303 e. The van der Waals surface area contributed by atoms with E-state index in [1.807, 2.05) is 4.98 Å². The van der Waals surface area contributed by atoms with E-state index in [-0.39, 0.29) is 10.8 Å². The second-order valence-electron chi connectivity index (χ2n) is 2.70. The highest BCUT2D eigenvalue weighted by Gasteiger charge is 2.09. The molecule has 2 aromatic rings. The average molecular weight is 239 g/mol. The molecule has 0 aliphatic carbocycles. The lowest BCUT2D eigenvalue weighted by Gasteiger charge is -1.99. The van der Waals surface area contributed by atoms with E-state index in [0.29, 0.717) is 0 Å². The van der Waals surface area contributed by atoms with Gasteiger partial charge in [-0.3, -0.25) is 19.9 Å². The molecule has 0 bridgehead atoms. The summed E-state index contributed by atoms with van der Waals surface area (Å²) >= 11 is 1.12. The maximum Gasteiger partial charge on any atom is 0.326 e. The van der Waals surface area contributed by atoms with Crippen LogP contribution < -0.4 is 16.6 Å². The Balaban J connectivity index is 2.28. The highest BCUT2D eigenvalue weighted by Crippen LogP contribution is 2.08. The first kappa shape index (κ1) is 10.2. The Morgan fingerprint density at radius 1 is 1.38 bits per heavy atom. The monoisotopic (exact) mass is 239 g/mol. The van der Waals surface area contributed by atoms with Gasteiger partial charge in [0, 0.05) is 6.07 Å². The van der Waals surface area contributed by atoms with Crippen molar-refractivity contribution in [1.82, 2.24) is 20.2 Å². The summed E-state index contributed by atoms with van der Waals surface area (Å²) in [6.07, 6.45) is 0. The molecule has 82 valence electrons. The van der Waals surface area contributed by atoms with E-state index in [1.165, 1.54) is 5.51 Å². The molecule has 3 N–H and O–H groups in total. The van der Waals surface area contributed by atoms with Crippen molar-refractivity contribution in [2.45, 2.75) is 0 Å². The number of rotatable bonds is 2. The van der Waals surface area contributed by atoms with Crippen LogP contribution in [0, 0.1) is 0 Å². The maximum absolute atomic E-state index is 11.5. The van der Waals surface area contributed by atoms with Gasteiger partial charge in [-0.1, -0.05) is 11.3 Å². The number of H-pyrrole nitrogens is 2. The fourth-order valence-corrected chi connectivity index (χ4v) is 1.42. The Bertz CT molecular complexity index is 585. The van der Waals surface area contributed by atoms with Crippen LogP contribution >= 0.6 is 11.3 Å². The summed E-state index contributed by atoms with van der Waals surface area (Å²) in [6.45, 7) is 0. The van der Waals surface area contributed by atoms with Gasteiger partial charge in [0.05, 0.1) is 0 Å². The van der Waals surface area contributed by atoms with Gasteiger partial charge in [0.25, 0.3) is 11.5 Å². The number of anilines is 1. The number of carbonyl (C=O) groups is 1. The smallest absolute Gasteiger partial charge is 0.303 e. The summed E-state index contributed by atoms with van der Waals surface area (Å²) in [6, 6.07) is 0.984. The number of hydrogen-bond donors (Lipinski definition) is 3. The van der Waals surface area contributed by atoms with Crippen molar-refractivity contribution < 1.29 is 4.79 Å². The van der Waals surface area contributed by atoms with E-state index >= 15 is 0 Å². The quantitative estimate of drug-likeness (QED) is 0.631. The second kappa shape index (κ2) is 4.06. The molecule has 0 saturated heterocycles. The molecule has 0 spiro atoms. The molecular formula is C7H5N5O3S. The Hall–Kier alpha value is -2.29. The number of amides is 1. The van der Waals surface area contributed by atoms with E-state index in [9.17, 15) is 14.4 Å². The molecule has 8 nitrogen and oxygen atoms in total. The van der Waals surface area contributed by atoms with Crippen molar-refractivity contribution in [3.05, 3.63) is 38.1 Å². The fraction of sp³-hybridized carbons (Fsp3) is 0. The zero-order valence-corrected chi connectivity index (χ0v) is 8.50. The molecule has 0 atom stereocenters. The summed E-state index contributed by atoms with van der Waals surface area (Å²) in [5.74, 6) is -0.625. The normalized spacial score (nSPS) is 10.0. The van der Waals surface area contributed by atoms with Crippen molar-refractivity contribution in [2.75, 3.05) is 5.32 Å². The van der Waals surface area contributed by atoms with Gasteiger partial charge in [-0.2, -0.15) is 0 Å². The van der Waals surface area contributed by atoms with E-state index in [0.717, 1.165) is 17.4 Å². The van der Waals surface area contributed by atoms with Crippen LogP contribution in [0.4, 0.5) is 5.13 Å². The van der Waals surface area contributed by atoms with E-state index in [4.69, 9.17) is 0 Å². The van der Waals surface area contributed by atoms with Crippen molar-refractivity contribution in [3.63, 3.8) is 0 Å². The zero-order valence-electron chi connectivity index (χ0n) is 7.68. The molecule has 16 heavy (non-hydrogen) atoms.